The van der Waals surface area contributed by atoms with E-state index in [4.69, 9.17) is 5.11 Å². The predicted octanol–water partition coefficient (Wildman–Crippen LogP) is 1.81. The van der Waals surface area contributed by atoms with E-state index in [9.17, 15) is 9.90 Å². The zero-order chi connectivity index (χ0) is 11.2. The Kier molecular flexibility index (Phi) is 2.38. The first-order valence-corrected chi connectivity index (χ1v) is 5.52. The van der Waals surface area contributed by atoms with Crippen LogP contribution < -0.4 is 0 Å². The van der Waals surface area contributed by atoms with E-state index in [1.54, 1.807) is 0 Å². The highest BCUT2D eigenvalue weighted by Gasteiger charge is 2.52. The molecule has 3 heteroatoms. The van der Waals surface area contributed by atoms with Crippen molar-refractivity contribution >= 4 is 5.97 Å². The van der Waals surface area contributed by atoms with E-state index in [1.807, 2.05) is 0 Å². The normalized spacial score (nSPS) is 33.9. The molecule has 0 aromatic heterocycles. The Labute approximate surface area is 89.8 Å². The maximum atomic E-state index is 10.5. The highest BCUT2D eigenvalue weighted by atomic mass is 16.4. The van der Waals surface area contributed by atoms with Gasteiger partial charge in [-0.05, 0) is 35.7 Å². The zero-order valence-corrected chi connectivity index (χ0v) is 9.23. The number of aliphatic hydroxyl groups excluding tert-OH is 1. The second-order valence-electron chi connectivity index (χ2n) is 5.36. The lowest BCUT2D eigenvalue weighted by atomic mass is 9.48. The Morgan fingerprint density at radius 3 is 2.80 bits per heavy atom. The minimum Gasteiger partial charge on any atom is -0.481 e. The molecule has 0 amide bonds. The minimum atomic E-state index is -0.928. The van der Waals surface area contributed by atoms with Crippen LogP contribution in [0.2, 0.25) is 0 Å². The molecule has 1 saturated carbocycles. The number of aliphatic hydroxyl groups is 1. The molecule has 0 aliphatic heterocycles. The van der Waals surface area contributed by atoms with E-state index in [0.717, 1.165) is 24.3 Å². The van der Waals surface area contributed by atoms with Gasteiger partial charge in [-0.25, -0.2) is 0 Å². The van der Waals surface area contributed by atoms with E-state index in [1.165, 1.54) is 0 Å². The molecular weight excluding hydrogens is 192 g/mol. The topological polar surface area (TPSA) is 57.5 Å². The molecule has 0 radical (unpaired) electrons. The maximum Gasteiger partial charge on any atom is 0.306 e. The fourth-order valence-electron chi connectivity index (χ4n) is 3.05. The van der Waals surface area contributed by atoms with Crippen molar-refractivity contribution in [2.24, 2.45) is 17.3 Å². The quantitative estimate of drug-likeness (QED) is 0.698. The summed E-state index contributed by atoms with van der Waals surface area (Å²) >= 11 is 0. The highest BCUT2D eigenvalue weighted by Crippen LogP contribution is 2.59. The van der Waals surface area contributed by atoms with Crippen LogP contribution in [-0.4, -0.2) is 22.3 Å². The molecule has 3 rings (SSSR count). The number of hydrogen-bond donors (Lipinski definition) is 2. The molecule has 0 aromatic carbocycles. The van der Waals surface area contributed by atoms with E-state index < -0.39 is 12.1 Å². The minimum absolute atomic E-state index is 0.164. The summed E-state index contributed by atoms with van der Waals surface area (Å²) in [6.45, 7) is 4.43. The third kappa shape index (κ3) is 1.59. The van der Waals surface area contributed by atoms with Crippen molar-refractivity contribution in [1.29, 1.82) is 0 Å². The maximum absolute atomic E-state index is 10.5. The molecule has 3 atom stereocenters. The lowest BCUT2D eigenvalue weighted by Gasteiger charge is -2.57. The van der Waals surface area contributed by atoms with Crippen molar-refractivity contribution in [3.8, 4) is 0 Å². The Morgan fingerprint density at radius 2 is 2.33 bits per heavy atom. The average molecular weight is 210 g/mol. The first kappa shape index (κ1) is 10.7. The summed E-state index contributed by atoms with van der Waals surface area (Å²) in [6.07, 6.45) is 3.22. The van der Waals surface area contributed by atoms with E-state index >= 15 is 0 Å². The Balaban J connectivity index is 2.11. The van der Waals surface area contributed by atoms with E-state index in [2.05, 4.69) is 19.9 Å². The van der Waals surface area contributed by atoms with Gasteiger partial charge in [-0.1, -0.05) is 19.9 Å². The van der Waals surface area contributed by atoms with Crippen molar-refractivity contribution in [2.75, 3.05) is 0 Å². The Hall–Kier alpha value is -0.830. The number of carbonyl (C=O) groups is 1. The number of fused-ring (bicyclic) bond motifs is 1. The fraction of sp³-hybridized carbons (Fsp3) is 0.750. The molecule has 0 aromatic rings. The van der Waals surface area contributed by atoms with Crippen molar-refractivity contribution in [3.05, 3.63) is 11.6 Å². The van der Waals surface area contributed by atoms with Crippen LogP contribution >= 0.6 is 0 Å². The van der Waals surface area contributed by atoms with Gasteiger partial charge in [-0.15, -0.1) is 0 Å². The van der Waals surface area contributed by atoms with Crippen LogP contribution in [0.4, 0.5) is 0 Å². The van der Waals surface area contributed by atoms with E-state index in [-0.39, 0.29) is 11.8 Å². The molecule has 0 saturated heterocycles. The monoisotopic (exact) mass is 210 g/mol. The molecule has 0 spiro atoms. The van der Waals surface area contributed by atoms with Gasteiger partial charge in [-0.3, -0.25) is 4.79 Å². The second-order valence-corrected chi connectivity index (χ2v) is 5.36. The average Bonchev–Trinajstić information content (AvgIpc) is 2.16. The molecule has 84 valence electrons. The molecule has 2 unspecified atom stereocenters. The molecule has 1 fully saturated rings. The first-order valence-electron chi connectivity index (χ1n) is 5.52. The van der Waals surface area contributed by atoms with Gasteiger partial charge in [-0.2, -0.15) is 0 Å². The number of allylic oxidation sites excluding steroid dienone is 1. The van der Waals surface area contributed by atoms with Gasteiger partial charge >= 0.3 is 5.97 Å². The molecule has 3 nitrogen and oxygen atoms in total. The standard InChI is InChI=1S/C12H18O3/c1-12(2)7-3-4-8(9(12)5-7)10(13)6-11(14)15/h4,7,9-10,13H,3,5-6H2,1-2H3,(H,14,15)/t7?,9?,10-/m1/s1. The number of carboxylic acids is 1. The summed E-state index contributed by atoms with van der Waals surface area (Å²) < 4.78 is 0. The van der Waals surface area contributed by atoms with Crippen LogP contribution in [0.3, 0.4) is 0 Å². The van der Waals surface area contributed by atoms with Gasteiger partial charge in [0.05, 0.1) is 12.5 Å². The fourth-order valence-corrected chi connectivity index (χ4v) is 3.05. The third-order valence-electron chi connectivity index (χ3n) is 4.26. The summed E-state index contributed by atoms with van der Waals surface area (Å²) in [6, 6.07) is 0. The summed E-state index contributed by atoms with van der Waals surface area (Å²) in [4.78, 5) is 10.5. The van der Waals surface area contributed by atoms with Gasteiger partial charge < -0.3 is 10.2 Å². The molecule has 2 N–H and O–H groups in total. The smallest absolute Gasteiger partial charge is 0.306 e. The van der Waals surface area contributed by atoms with E-state index in [0.29, 0.717) is 5.92 Å². The number of hydrogen-bond acceptors (Lipinski definition) is 2. The van der Waals surface area contributed by atoms with Gasteiger partial charge in [0.25, 0.3) is 0 Å². The van der Waals surface area contributed by atoms with Gasteiger partial charge in [0.2, 0.25) is 0 Å². The molecule has 2 bridgehead atoms. The van der Waals surface area contributed by atoms with Crippen molar-refractivity contribution in [3.63, 3.8) is 0 Å². The van der Waals surface area contributed by atoms with Crippen LogP contribution in [-0.2, 0) is 4.79 Å². The summed E-state index contributed by atoms with van der Waals surface area (Å²) in [7, 11) is 0. The summed E-state index contributed by atoms with van der Waals surface area (Å²) in [5.41, 5.74) is 1.22. The highest BCUT2D eigenvalue weighted by molar-refractivity contribution is 5.68. The molecular formula is C12H18O3. The van der Waals surface area contributed by atoms with Crippen LogP contribution in [0, 0.1) is 17.3 Å². The van der Waals surface area contributed by atoms with Crippen LogP contribution in [0.25, 0.3) is 0 Å². The number of rotatable bonds is 3. The van der Waals surface area contributed by atoms with Crippen molar-refractivity contribution in [2.45, 2.75) is 39.2 Å². The van der Waals surface area contributed by atoms with Gasteiger partial charge in [0.15, 0.2) is 0 Å². The molecule has 0 heterocycles. The summed E-state index contributed by atoms with van der Waals surface area (Å²) in [5, 5.41) is 18.5. The van der Waals surface area contributed by atoms with Gasteiger partial charge in [0.1, 0.15) is 0 Å². The lowest BCUT2D eigenvalue weighted by molar-refractivity contribution is -0.139. The van der Waals surface area contributed by atoms with Crippen molar-refractivity contribution in [1.82, 2.24) is 0 Å². The SMILES string of the molecule is CC1(C)C2CC=C([C@H](O)CC(=O)O)C1C2. The van der Waals surface area contributed by atoms with Crippen LogP contribution in [0.5, 0.6) is 0 Å². The lowest BCUT2D eigenvalue weighted by Crippen LogP contribution is -2.50. The Bertz CT molecular complexity index is 317. The van der Waals surface area contributed by atoms with Crippen molar-refractivity contribution < 1.29 is 15.0 Å². The number of aliphatic carboxylic acids is 1. The molecule has 15 heavy (non-hydrogen) atoms. The van der Waals surface area contributed by atoms with Crippen LogP contribution in [0.15, 0.2) is 11.6 Å². The van der Waals surface area contributed by atoms with Gasteiger partial charge in [0, 0.05) is 0 Å². The first-order chi connectivity index (χ1) is 6.93. The largest absolute Gasteiger partial charge is 0.481 e. The Morgan fingerprint density at radius 1 is 1.67 bits per heavy atom. The third-order valence-corrected chi connectivity index (χ3v) is 4.26. The predicted molar refractivity (Wildman–Crippen MR) is 56.3 cm³/mol. The number of carboxylic acid groups (broad SMARTS) is 1. The molecule has 3 aliphatic carbocycles. The zero-order valence-electron chi connectivity index (χ0n) is 9.23. The molecule has 3 aliphatic rings. The second kappa shape index (κ2) is 3.34. The summed E-state index contributed by atoms with van der Waals surface area (Å²) in [5.74, 6) is 0.191. The van der Waals surface area contributed by atoms with Crippen LogP contribution in [0.1, 0.15) is 33.1 Å².